The van der Waals surface area contributed by atoms with E-state index in [1.165, 1.54) is 0 Å². The number of aromatic nitrogens is 3. The van der Waals surface area contributed by atoms with Gasteiger partial charge in [0.25, 0.3) is 0 Å². The van der Waals surface area contributed by atoms with Crippen LogP contribution in [-0.2, 0) is 0 Å². The van der Waals surface area contributed by atoms with E-state index in [-0.39, 0.29) is 13.6 Å². The van der Waals surface area contributed by atoms with E-state index in [4.69, 9.17) is 23.9 Å². The smallest absolute Gasteiger partial charge is 0.231 e. The zero-order valence-electron chi connectivity index (χ0n) is 15.2. The predicted molar refractivity (Wildman–Crippen MR) is 105 cm³/mol. The topological polar surface area (TPSA) is 78.5 Å². The number of aromatic amines is 1. The molecular formula is C22H15N3O4. The molecule has 7 nitrogen and oxygen atoms in total. The third-order valence-corrected chi connectivity index (χ3v) is 4.92. The van der Waals surface area contributed by atoms with Crippen molar-refractivity contribution in [2.45, 2.75) is 0 Å². The molecule has 0 fully saturated rings. The molecule has 0 spiro atoms. The predicted octanol–water partition coefficient (Wildman–Crippen LogP) is 4.26. The minimum absolute atomic E-state index is 0.230. The Balaban J connectivity index is 1.53. The molecule has 2 aliphatic rings. The monoisotopic (exact) mass is 385 g/mol. The Morgan fingerprint density at radius 1 is 0.724 bits per heavy atom. The highest BCUT2D eigenvalue weighted by Gasteiger charge is 2.21. The first kappa shape index (κ1) is 16.0. The maximum absolute atomic E-state index is 5.55. The Hall–Kier alpha value is -4.00. The van der Waals surface area contributed by atoms with Gasteiger partial charge in [-0.2, -0.15) is 0 Å². The van der Waals surface area contributed by atoms with Gasteiger partial charge in [0.05, 0.1) is 11.4 Å². The number of imidazole rings is 1. The van der Waals surface area contributed by atoms with Crippen LogP contribution in [0.5, 0.6) is 23.0 Å². The summed E-state index contributed by atoms with van der Waals surface area (Å²) >= 11 is 0. The quantitative estimate of drug-likeness (QED) is 0.568. The normalized spacial score (nSPS) is 13.7. The van der Waals surface area contributed by atoms with E-state index in [9.17, 15) is 0 Å². The maximum Gasteiger partial charge on any atom is 0.231 e. The molecule has 4 aromatic rings. The average Bonchev–Trinajstić information content (AvgIpc) is 3.52. The highest BCUT2D eigenvalue weighted by Crippen LogP contribution is 2.41. The van der Waals surface area contributed by atoms with Crippen LogP contribution in [0.15, 0.2) is 60.8 Å². The Bertz CT molecular complexity index is 1150. The van der Waals surface area contributed by atoms with Gasteiger partial charge in [-0.3, -0.25) is 4.98 Å². The summed E-state index contributed by atoms with van der Waals surface area (Å²) in [7, 11) is 0. The fraction of sp³-hybridized carbons (Fsp3) is 0.0909. The van der Waals surface area contributed by atoms with Crippen molar-refractivity contribution in [1.82, 2.24) is 15.0 Å². The number of H-pyrrole nitrogens is 1. The number of rotatable bonds is 3. The molecule has 2 aromatic carbocycles. The molecule has 1 N–H and O–H groups in total. The van der Waals surface area contributed by atoms with E-state index in [2.05, 4.69) is 9.97 Å². The third-order valence-electron chi connectivity index (χ3n) is 4.92. The molecule has 0 aliphatic carbocycles. The number of fused-ring (bicyclic) bond motifs is 2. The second kappa shape index (κ2) is 6.27. The van der Waals surface area contributed by atoms with Crippen LogP contribution in [-0.4, -0.2) is 28.5 Å². The fourth-order valence-electron chi connectivity index (χ4n) is 3.51. The van der Waals surface area contributed by atoms with E-state index >= 15 is 0 Å². The Kier molecular flexibility index (Phi) is 3.46. The van der Waals surface area contributed by atoms with Crippen LogP contribution in [0.4, 0.5) is 0 Å². The summed E-state index contributed by atoms with van der Waals surface area (Å²) in [4.78, 5) is 12.7. The second-order valence-electron chi connectivity index (χ2n) is 6.66. The number of hydrogen-bond acceptors (Lipinski definition) is 6. The van der Waals surface area contributed by atoms with Gasteiger partial charge in [0, 0.05) is 17.3 Å². The van der Waals surface area contributed by atoms with Crippen LogP contribution in [0.25, 0.3) is 34.0 Å². The lowest BCUT2D eigenvalue weighted by Crippen LogP contribution is -1.93. The summed E-state index contributed by atoms with van der Waals surface area (Å²) in [5, 5.41) is 0. The standard InChI is InChI=1S/C22H15N3O4/c1-2-8-23-15(3-1)22-24-20(13-4-6-16-18(9-13)28-11-26-16)21(25-22)14-5-7-17-19(10-14)29-12-27-17/h1-10H,11-12H2,(H,24,25). The second-order valence-corrected chi connectivity index (χ2v) is 6.66. The van der Waals surface area contributed by atoms with E-state index in [1.807, 2.05) is 54.6 Å². The van der Waals surface area contributed by atoms with E-state index in [0.717, 1.165) is 39.7 Å². The van der Waals surface area contributed by atoms with Gasteiger partial charge in [-0.05, 0) is 48.5 Å². The van der Waals surface area contributed by atoms with Crippen LogP contribution < -0.4 is 18.9 Å². The number of pyridine rings is 1. The van der Waals surface area contributed by atoms with E-state index in [0.29, 0.717) is 17.3 Å². The fourth-order valence-corrected chi connectivity index (χ4v) is 3.51. The van der Waals surface area contributed by atoms with Crippen LogP contribution in [0.1, 0.15) is 0 Å². The summed E-state index contributed by atoms with van der Waals surface area (Å²) in [5.41, 5.74) is 4.28. The van der Waals surface area contributed by atoms with E-state index < -0.39 is 0 Å². The van der Waals surface area contributed by atoms with Crippen molar-refractivity contribution in [1.29, 1.82) is 0 Å². The molecule has 2 aliphatic heterocycles. The molecule has 142 valence electrons. The molecule has 6 rings (SSSR count). The number of hydrogen-bond donors (Lipinski definition) is 1. The lowest BCUT2D eigenvalue weighted by atomic mass is 10.0. The highest BCUT2D eigenvalue weighted by molar-refractivity contribution is 5.82. The van der Waals surface area contributed by atoms with Crippen LogP contribution in [0.3, 0.4) is 0 Å². The summed E-state index contributed by atoms with van der Waals surface area (Å²) < 4.78 is 22.0. The van der Waals surface area contributed by atoms with Crippen LogP contribution in [0.2, 0.25) is 0 Å². The lowest BCUT2D eigenvalue weighted by Gasteiger charge is -2.05. The average molecular weight is 385 g/mol. The SMILES string of the molecule is c1ccc(-c2nc(-c3ccc4c(c3)OCO4)c(-c3ccc4c(c3)OCO4)[nH]2)nc1. The van der Waals surface area contributed by atoms with Crippen molar-refractivity contribution >= 4 is 0 Å². The molecule has 0 unspecified atom stereocenters. The van der Waals surface area contributed by atoms with Gasteiger partial charge in [0.2, 0.25) is 13.6 Å². The third kappa shape index (κ3) is 2.67. The van der Waals surface area contributed by atoms with Gasteiger partial charge in [-0.15, -0.1) is 0 Å². The minimum Gasteiger partial charge on any atom is -0.454 e. The summed E-state index contributed by atoms with van der Waals surface area (Å²) in [5.74, 6) is 3.59. The lowest BCUT2D eigenvalue weighted by molar-refractivity contribution is 0.173. The molecule has 0 saturated heterocycles. The molecule has 2 aromatic heterocycles. The largest absolute Gasteiger partial charge is 0.454 e. The van der Waals surface area contributed by atoms with Crippen molar-refractivity contribution in [2.24, 2.45) is 0 Å². The molecule has 0 radical (unpaired) electrons. The van der Waals surface area contributed by atoms with Crippen molar-refractivity contribution in [3.8, 4) is 57.0 Å². The summed E-state index contributed by atoms with van der Waals surface area (Å²) in [6, 6.07) is 17.4. The number of ether oxygens (including phenoxy) is 4. The van der Waals surface area contributed by atoms with Crippen molar-refractivity contribution in [2.75, 3.05) is 13.6 Å². The van der Waals surface area contributed by atoms with Gasteiger partial charge in [0.15, 0.2) is 28.8 Å². The molecule has 29 heavy (non-hydrogen) atoms. The molecule has 7 heteroatoms. The molecule has 0 atom stereocenters. The molecule has 0 amide bonds. The van der Waals surface area contributed by atoms with E-state index in [1.54, 1.807) is 6.20 Å². The summed E-state index contributed by atoms with van der Waals surface area (Å²) in [6.45, 7) is 0.462. The first-order valence-corrected chi connectivity index (χ1v) is 9.16. The molecular weight excluding hydrogens is 370 g/mol. The Labute approximate surface area is 165 Å². The van der Waals surface area contributed by atoms with Gasteiger partial charge < -0.3 is 23.9 Å². The minimum atomic E-state index is 0.230. The van der Waals surface area contributed by atoms with Gasteiger partial charge >= 0.3 is 0 Å². The number of nitrogens with zero attached hydrogens (tertiary/aromatic N) is 2. The summed E-state index contributed by atoms with van der Waals surface area (Å²) in [6.07, 6.45) is 1.75. The van der Waals surface area contributed by atoms with Crippen molar-refractivity contribution in [3.63, 3.8) is 0 Å². The molecule has 0 saturated carbocycles. The van der Waals surface area contributed by atoms with Crippen LogP contribution >= 0.6 is 0 Å². The zero-order valence-corrected chi connectivity index (χ0v) is 15.2. The van der Waals surface area contributed by atoms with Gasteiger partial charge in [-0.25, -0.2) is 4.98 Å². The first-order valence-electron chi connectivity index (χ1n) is 9.16. The molecule has 0 bridgehead atoms. The van der Waals surface area contributed by atoms with Gasteiger partial charge in [0.1, 0.15) is 5.69 Å². The highest BCUT2D eigenvalue weighted by atomic mass is 16.7. The van der Waals surface area contributed by atoms with Crippen molar-refractivity contribution in [3.05, 3.63) is 60.8 Å². The number of benzene rings is 2. The Morgan fingerprint density at radius 2 is 1.41 bits per heavy atom. The van der Waals surface area contributed by atoms with Crippen LogP contribution in [0, 0.1) is 0 Å². The first-order chi connectivity index (χ1) is 14.3. The van der Waals surface area contributed by atoms with Gasteiger partial charge in [-0.1, -0.05) is 6.07 Å². The Morgan fingerprint density at radius 3 is 2.14 bits per heavy atom. The molecule has 4 heterocycles. The van der Waals surface area contributed by atoms with Crippen molar-refractivity contribution < 1.29 is 18.9 Å². The maximum atomic E-state index is 5.55. The number of nitrogens with one attached hydrogen (secondary N) is 1. The zero-order chi connectivity index (χ0) is 19.2.